The third-order valence-corrected chi connectivity index (χ3v) is 4.16. The van der Waals surface area contributed by atoms with Gasteiger partial charge in [-0.05, 0) is 43.7 Å². The number of carbonyl (C=O) groups excluding carboxylic acids is 1. The highest BCUT2D eigenvalue weighted by Crippen LogP contribution is 2.32. The van der Waals surface area contributed by atoms with Crippen LogP contribution in [0.15, 0.2) is 48.7 Å². The summed E-state index contributed by atoms with van der Waals surface area (Å²) in [7, 11) is 0. The largest absolute Gasteiger partial charge is 0.503 e. The summed E-state index contributed by atoms with van der Waals surface area (Å²) in [6.07, 6.45) is 1.46. The van der Waals surface area contributed by atoms with E-state index in [0.29, 0.717) is 5.56 Å². The number of halogens is 2. The molecule has 0 saturated carbocycles. The Bertz CT molecular complexity index is 928. The van der Waals surface area contributed by atoms with Gasteiger partial charge in [0.25, 0.3) is 0 Å². The van der Waals surface area contributed by atoms with Gasteiger partial charge in [0.15, 0.2) is 23.2 Å². The zero-order valence-electron chi connectivity index (χ0n) is 13.2. The van der Waals surface area contributed by atoms with Gasteiger partial charge in [-0.2, -0.15) is 0 Å². The number of phenols is 1. The molecule has 3 rings (SSSR count). The lowest BCUT2D eigenvalue weighted by Gasteiger charge is -2.24. The molecule has 2 aromatic carbocycles. The van der Waals surface area contributed by atoms with E-state index < -0.39 is 22.8 Å². The summed E-state index contributed by atoms with van der Waals surface area (Å²) in [6.45, 7) is 3.16. The fourth-order valence-electron chi connectivity index (χ4n) is 2.61. The number of rotatable bonds is 3. The standard InChI is InChI=1S/C19H15F2NO2/c1-19(2,13-8-14(20)17(23)15(21)9-13)18(24)12-7-11-5-3-4-6-16(11)22-10-12/h3-10,23H,1-2H3. The molecule has 0 fully saturated rings. The summed E-state index contributed by atoms with van der Waals surface area (Å²) in [5.41, 5.74) is 0.0779. The minimum absolute atomic E-state index is 0.147. The fourth-order valence-corrected chi connectivity index (χ4v) is 2.61. The lowest BCUT2D eigenvalue weighted by atomic mass is 9.78. The maximum atomic E-state index is 13.6. The molecule has 0 aliphatic heterocycles. The Morgan fingerprint density at radius 2 is 1.71 bits per heavy atom. The highest BCUT2D eigenvalue weighted by Gasteiger charge is 2.32. The lowest BCUT2D eigenvalue weighted by Crippen LogP contribution is -2.29. The summed E-state index contributed by atoms with van der Waals surface area (Å²) in [5.74, 6) is -3.55. The highest BCUT2D eigenvalue weighted by molar-refractivity contribution is 6.05. The normalized spacial score (nSPS) is 11.7. The number of benzene rings is 2. The number of aromatic hydroxyl groups is 1. The van der Waals surface area contributed by atoms with E-state index in [2.05, 4.69) is 4.98 Å². The van der Waals surface area contributed by atoms with E-state index in [1.807, 2.05) is 24.3 Å². The molecule has 0 amide bonds. The smallest absolute Gasteiger partial charge is 0.187 e. The molecule has 1 heterocycles. The Hall–Kier alpha value is -2.82. The van der Waals surface area contributed by atoms with Crippen molar-refractivity contribution in [3.05, 3.63) is 71.4 Å². The van der Waals surface area contributed by atoms with Gasteiger partial charge in [0, 0.05) is 17.1 Å². The number of carbonyl (C=O) groups is 1. The zero-order chi connectivity index (χ0) is 17.5. The number of hydrogen-bond donors (Lipinski definition) is 1. The van der Waals surface area contributed by atoms with Crippen LogP contribution in [0.3, 0.4) is 0 Å². The maximum absolute atomic E-state index is 13.6. The molecule has 0 atom stereocenters. The Morgan fingerprint density at radius 1 is 1.08 bits per heavy atom. The van der Waals surface area contributed by atoms with Crippen LogP contribution in [0.5, 0.6) is 5.75 Å². The maximum Gasteiger partial charge on any atom is 0.187 e. The van der Waals surface area contributed by atoms with E-state index >= 15 is 0 Å². The number of nitrogens with zero attached hydrogens (tertiary/aromatic N) is 1. The van der Waals surface area contributed by atoms with Gasteiger partial charge >= 0.3 is 0 Å². The van der Waals surface area contributed by atoms with Crippen molar-refractivity contribution in [1.29, 1.82) is 0 Å². The van der Waals surface area contributed by atoms with Gasteiger partial charge in [-0.25, -0.2) is 8.78 Å². The minimum atomic E-state index is -1.18. The van der Waals surface area contributed by atoms with Crippen LogP contribution in [-0.2, 0) is 5.41 Å². The van der Waals surface area contributed by atoms with Crippen molar-refractivity contribution in [3.8, 4) is 5.75 Å². The van der Waals surface area contributed by atoms with Crippen LogP contribution in [0.2, 0.25) is 0 Å². The number of phenolic OH excluding ortho intramolecular Hbond substituents is 1. The van der Waals surface area contributed by atoms with Crippen molar-refractivity contribution in [2.24, 2.45) is 0 Å². The van der Waals surface area contributed by atoms with Crippen molar-refractivity contribution in [2.45, 2.75) is 19.3 Å². The first-order valence-electron chi connectivity index (χ1n) is 7.39. The predicted octanol–water partition coefficient (Wildman–Crippen LogP) is 4.38. The van der Waals surface area contributed by atoms with Crippen LogP contribution in [0.4, 0.5) is 8.78 Å². The van der Waals surface area contributed by atoms with Crippen LogP contribution in [-0.4, -0.2) is 15.9 Å². The molecule has 0 unspecified atom stereocenters. The number of para-hydroxylation sites is 1. The lowest BCUT2D eigenvalue weighted by molar-refractivity contribution is 0.0908. The van der Waals surface area contributed by atoms with E-state index in [-0.39, 0.29) is 11.3 Å². The third-order valence-electron chi connectivity index (χ3n) is 4.16. The number of Topliss-reactive ketones (excluding diaryl/α,β-unsaturated/α-hetero) is 1. The molecular formula is C19H15F2NO2. The monoisotopic (exact) mass is 327 g/mol. The van der Waals surface area contributed by atoms with Crippen LogP contribution in [0.25, 0.3) is 10.9 Å². The molecule has 24 heavy (non-hydrogen) atoms. The SMILES string of the molecule is CC(C)(C(=O)c1cnc2ccccc2c1)c1cc(F)c(O)c(F)c1. The van der Waals surface area contributed by atoms with E-state index in [1.54, 1.807) is 19.9 Å². The Balaban J connectivity index is 2.06. The molecule has 3 nitrogen and oxygen atoms in total. The Kier molecular flexibility index (Phi) is 3.79. The first kappa shape index (κ1) is 16.1. The van der Waals surface area contributed by atoms with Crippen molar-refractivity contribution < 1.29 is 18.7 Å². The zero-order valence-corrected chi connectivity index (χ0v) is 13.2. The number of ketones is 1. The van der Waals surface area contributed by atoms with Crippen molar-refractivity contribution in [1.82, 2.24) is 4.98 Å². The Morgan fingerprint density at radius 3 is 2.38 bits per heavy atom. The minimum Gasteiger partial charge on any atom is -0.503 e. The van der Waals surface area contributed by atoms with Crippen molar-refractivity contribution in [3.63, 3.8) is 0 Å². The Labute approximate surface area is 137 Å². The number of pyridine rings is 1. The van der Waals surface area contributed by atoms with Crippen molar-refractivity contribution >= 4 is 16.7 Å². The van der Waals surface area contributed by atoms with Crippen LogP contribution >= 0.6 is 0 Å². The quantitative estimate of drug-likeness (QED) is 0.726. The van der Waals surface area contributed by atoms with Crippen LogP contribution in [0, 0.1) is 11.6 Å². The van der Waals surface area contributed by atoms with Crippen molar-refractivity contribution in [2.75, 3.05) is 0 Å². The molecule has 0 aliphatic rings. The summed E-state index contributed by atoms with van der Waals surface area (Å²) in [6, 6.07) is 11.0. The average Bonchev–Trinajstić information content (AvgIpc) is 2.58. The molecule has 0 saturated heterocycles. The fraction of sp³-hybridized carbons (Fsp3) is 0.158. The molecule has 1 aromatic heterocycles. The molecule has 0 aliphatic carbocycles. The summed E-state index contributed by atoms with van der Waals surface area (Å²) >= 11 is 0. The van der Waals surface area contributed by atoms with Gasteiger partial charge in [0.1, 0.15) is 0 Å². The number of aromatic nitrogens is 1. The van der Waals surface area contributed by atoms with Crippen LogP contribution < -0.4 is 0 Å². The van der Waals surface area contributed by atoms with Gasteiger partial charge in [0.05, 0.1) is 10.9 Å². The third kappa shape index (κ3) is 2.62. The second-order valence-electron chi connectivity index (χ2n) is 6.16. The van der Waals surface area contributed by atoms with E-state index in [4.69, 9.17) is 0 Å². The number of hydrogen-bond acceptors (Lipinski definition) is 3. The first-order chi connectivity index (χ1) is 11.3. The molecule has 122 valence electrons. The second-order valence-corrected chi connectivity index (χ2v) is 6.16. The molecule has 3 aromatic rings. The van der Waals surface area contributed by atoms with Gasteiger partial charge in [-0.1, -0.05) is 18.2 Å². The molecule has 0 spiro atoms. The molecule has 5 heteroatoms. The molecular weight excluding hydrogens is 312 g/mol. The average molecular weight is 327 g/mol. The summed E-state index contributed by atoms with van der Waals surface area (Å²) in [5, 5.41) is 10.0. The summed E-state index contributed by atoms with van der Waals surface area (Å²) in [4.78, 5) is 17.1. The van der Waals surface area contributed by atoms with E-state index in [9.17, 15) is 18.7 Å². The first-order valence-corrected chi connectivity index (χ1v) is 7.39. The van der Waals surface area contributed by atoms with E-state index in [0.717, 1.165) is 23.0 Å². The predicted molar refractivity (Wildman–Crippen MR) is 87.1 cm³/mol. The topological polar surface area (TPSA) is 50.2 Å². The van der Waals surface area contributed by atoms with Gasteiger partial charge in [-0.3, -0.25) is 9.78 Å². The molecule has 1 N–H and O–H groups in total. The molecule has 0 bridgehead atoms. The van der Waals surface area contributed by atoms with Crippen LogP contribution in [0.1, 0.15) is 29.8 Å². The second kappa shape index (κ2) is 5.67. The summed E-state index contributed by atoms with van der Waals surface area (Å²) < 4.78 is 27.3. The van der Waals surface area contributed by atoms with Gasteiger partial charge in [0.2, 0.25) is 0 Å². The molecule has 0 radical (unpaired) electrons. The highest BCUT2D eigenvalue weighted by atomic mass is 19.1. The van der Waals surface area contributed by atoms with Gasteiger partial charge in [-0.15, -0.1) is 0 Å². The van der Waals surface area contributed by atoms with E-state index in [1.165, 1.54) is 6.20 Å². The number of fused-ring (bicyclic) bond motifs is 1. The van der Waals surface area contributed by atoms with Gasteiger partial charge < -0.3 is 5.11 Å².